The van der Waals surface area contributed by atoms with Gasteiger partial charge in [-0.15, -0.1) is 0 Å². The molecule has 0 saturated carbocycles. The van der Waals surface area contributed by atoms with Gasteiger partial charge in [0.05, 0.1) is 11.9 Å². The Bertz CT molecular complexity index is 889. The first-order valence-corrected chi connectivity index (χ1v) is 7.44. The Morgan fingerprint density at radius 3 is 2.33 bits per heavy atom. The summed E-state index contributed by atoms with van der Waals surface area (Å²) in [5.74, 6) is -0.857. The number of nitrogens with one attached hydrogen (secondary N) is 1. The number of para-hydroxylation sites is 1. The van der Waals surface area contributed by atoms with E-state index in [2.05, 4.69) is 10.4 Å². The van der Waals surface area contributed by atoms with Crippen LogP contribution in [0.5, 0.6) is 0 Å². The number of carbonyl (C=O) groups is 2. The molecule has 1 heterocycles. The number of carbonyl (C=O) groups excluding carboxylic acids is 2. The minimum atomic E-state index is -0.677. The van der Waals surface area contributed by atoms with E-state index in [1.54, 1.807) is 36.4 Å². The molecule has 3 aromatic rings. The number of nitrogens with two attached hydrogens (primary N) is 1. The Morgan fingerprint density at radius 2 is 1.71 bits per heavy atom. The summed E-state index contributed by atoms with van der Waals surface area (Å²) in [5, 5.41) is 7.37. The molecule has 1 aromatic heterocycles. The lowest BCUT2D eigenvalue weighted by Gasteiger charge is -2.10. The number of halogens is 1. The third-order valence-electron chi connectivity index (χ3n) is 3.37. The van der Waals surface area contributed by atoms with Gasteiger partial charge >= 0.3 is 0 Å². The Labute approximate surface area is 142 Å². The normalized spacial score (nSPS) is 10.4. The number of nitrogens with zero attached hydrogens (tertiary/aromatic N) is 2. The third-order valence-corrected chi connectivity index (χ3v) is 3.63. The summed E-state index contributed by atoms with van der Waals surface area (Å²) in [6.07, 6.45) is 1.33. The molecule has 0 unspecified atom stereocenters. The summed E-state index contributed by atoms with van der Waals surface area (Å²) in [5.41, 5.74) is 6.60. The molecule has 0 aliphatic rings. The maximum atomic E-state index is 12.4. The van der Waals surface area contributed by atoms with Crippen LogP contribution in [0.3, 0.4) is 0 Å². The Kier molecular flexibility index (Phi) is 4.31. The van der Waals surface area contributed by atoms with Crippen molar-refractivity contribution in [2.24, 2.45) is 5.73 Å². The number of benzene rings is 2. The topological polar surface area (TPSA) is 90.0 Å². The SMILES string of the molecule is NC(=O)c1cnn(-c2ccccc2)c1NC(=O)c1ccc(Cl)cc1. The molecule has 0 fully saturated rings. The molecule has 3 N–H and O–H groups in total. The molecule has 3 rings (SSSR count). The minimum Gasteiger partial charge on any atom is -0.365 e. The van der Waals surface area contributed by atoms with Crippen LogP contribution in [0.25, 0.3) is 5.69 Å². The van der Waals surface area contributed by atoms with Crippen molar-refractivity contribution in [2.45, 2.75) is 0 Å². The zero-order valence-corrected chi connectivity index (χ0v) is 13.2. The molecule has 0 spiro atoms. The summed E-state index contributed by atoms with van der Waals surface area (Å²) in [6, 6.07) is 15.5. The predicted molar refractivity (Wildman–Crippen MR) is 91.5 cm³/mol. The molecule has 0 saturated heterocycles. The van der Waals surface area contributed by atoms with Gasteiger partial charge in [-0.2, -0.15) is 5.10 Å². The van der Waals surface area contributed by atoms with E-state index in [0.717, 1.165) is 0 Å². The first-order valence-electron chi connectivity index (χ1n) is 7.06. The summed E-state index contributed by atoms with van der Waals surface area (Å²) >= 11 is 5.82. The number of hydrogen-bond acceptors (Lipinski definition) is 3. The third kappa shape index (κ3) is 3.13. The van der Waals surface area contributed by atoms with Crippen molar-refractivity contribution in [3.05, 3.63) is 76.9 Å². The number of rotatable bonds is 4. The molecule has 0 radical (unpaired) electrons. The smallest absolute Gasteiger partial charge is 0.256 e. The van der Waals surface area contributed by atoms with Crippen molar-refractivity contribution >= 4 is 29.2 Å². The van der Waals surface area contributed by atoms with Gasteiger partial charge in [-0.3, -0.25) is 9.59 Å². The van der Waals surface area contributed by atoms with Crippen molar-refractivity contribution < 1.29 is 9.59 Å². The van der Waals surface area contributed by atoms with E-state index in [1.165, 1.54) is 10.9 Å². The fraction of sp³-hybridized carbons (Fsp3) is 0. The molecular formula is C17H13ClN4O2. The monoisotopic (exact) mass is 340 g/mol. The number of anilines is 1. The van der Waals surface area contributed by atoms with Gasteiger partial charge < -0.3 is 11.1 Å². The van der Waals surface area contributed by atoms with Gasteiger partial charge in [-0.05, 0) is 36.4 Å². The lowest BCUT2D eigenvalue weighted by molar-refractivity contribution is 0.100. The molecule has 0 aliphatic carbocycles. The Morgan fingerprint density at radius 1 is 1.04 bits per heavy atom. The van der Waals surface area contributed by atoms with E-state index in [0.29, 0.717) is 16.3 Å². The largest absolute Gasteiger partial charge is 0.365 e. The van der Waals surface area contributed by atoms with Gasteiger partial charge in [-0.1, -0.05) is 29.8 Å². The molecule has 2 aromatic carbocycles. The van der Waals surface area contributed by atoms with Gasteiger partial charge in [-0.25, -0.2) is 4.68 Å². The fourth-order valence-electron chi connectivity index (χ4n) is 2.19. The highest BCUT2D eigenvalue weighted by Gasteiger charge is 2.19. The second kappa shape index (κ2) is 6.55. The van der Waals surface area contributed by atoms with Crippen LogP contribution in [0, 0.1) is 0 Å². The van der Waals surface area contributed by atoms with Crippen LogP contribution in [-0.2, 0) is 0 Å². The maximum absolute atomic E-state index is 12.4. The van der Waals surface area contributed by atoms with Crippen LogP contribution in [0.1, 0.15) is 20.7 Å². The zero-order valence-electron chi connectivity index (χ0n) is 12.4. The summed E-state index contributed by atoms with van der Waals surface area (Å²) in [4.78, 5) is 24.1. The average Bonchev–Trinajstić information content (AvgIpc) is 3.00. The summed E-state index contributed by atoms with van der Waals surface area (Å²) in [7, 11) is 0. The van der Waals surface area contributed by atoms with Crippen LogP contribution in [0.2, 0.25) is 5.02 Å². The van der Waals surface area contributed by atoms with Crippen LogP contribution in [0.15, 0.2) is 60.8 Å². The first-order chi connectivity index (χ1) is 11.6. The van der Waals surface area contributed by atoms with Crippen molar-refractivity contribution in [2.75, 3.05) is 5.32 Å². The van der Waals surface area contributed by atoms with Gasteiger partial charge in [0.2, 0.25) is 0 Å². The van der Waals surface area contributed by atoms with Crippen molar-refractivity contribution in [1.82, 2.24) is 9.78 Å². The van der Waals surface area contributed by atoms with Crippen LogP contribution in [0.4, 0.5) is 5.82 Å². The summed E-state index contributed by atoms with van der Waals surface area (Å²) < 4.78 is 1.45. The second-order valence-corrected chi connectivity index (χ2v) is 5.42. The van der Waals surface area contributed by atoms with E-state index in [1.807, 2.05) is 18.2 Å². The van der Waals surface area contributed by atoms with Crippen molar-refractivity contribution in [3.8, 4) is 5.69 Å². The van der Waals surface area contributed by atoms with E-state index in [-0.39, 0.29) is 11.4 Å². The Hall–Kier alpha value is -3.12. The zero-order chi connectivity index (χ0) is 17.1. The molecule has 6 nitrogen and oxygen atoms in total. The molecular weight excluding hydrogens is 328 g/mol. The van der Waals surface area contributed by atoms with Gasteiger partial charge in [0, 0.05) is 10.6 Å². The molecule has 2 amide bonds. The number of aromatic nitrogens is 2. The highest BCUT2D eigenvalue weighted by Crippen LogP contribution is 2.21. The molecule has 0 bridgehead atoms. The second-order valence-electron chi connectivity index (χ2n) is 4.98. The van der Waals surface area contributed by atoms with E-state index < -0.39 is 11.8 Å². The highest BCUT2D eigenvalue weighted by molar-refractivity contribution is 6.30. The number of amides is 2. The van der Waals surface area contributed by atoms with E-state index in [4.69, 9.17) is 17.3 Å². The maximum Gasteiger partial charge on any atom is 0.256 e. The molecule has 0 atom stereocenters. The van der Waals surface area contributed by atoms with E-state index in [9.17, 15) is 9.59 Å². The lowest BCUT2D eigenvalue weighted by Crippen LogP contribution is -2.19. The van der Waals surface area contributed by atoms with Crippen molar-refractivity contribution in [1.29, 1.82) is 0 Å². The Balaban J connectivity index is 1.99. The standard InChI is InChI=1S/C17H13ClN4O2/c18-12-8-6-11(7-9-12)17(24)21-16-14(15(19)23)10-20-22(16)13-4-2-1-3-5-13/h1-10H,(H2,19,23)(H,21,24). The van der Waals surface area contributed by atoms with Crippen LogP contribution in [-0.4, -0.2) is 21.6 Å². The lowest BCUT2D eigenvalue weighted by atomic mass is 10.2. The molecule has 7 heteroatoms. The highest BCUT2D eigenvalue weighted by atomic mass is 35.5. The van der Waals surface area contributed by atoms with Gasteiger partial charge in [0.15, 0.2) is 0 Å². The fourth-order valence-corrected chi connectivity index (χ4v) is 2.32. The van der Waals surface area contributed by atoms with E-state index >= 15 is 0 Å². The minimum absolute atomic E-state index is 0.126. The van der Waals surface area contributed by atoms with Crippen LogP contribution >= 0.6 is 11.6 Å². The van der Waals surface area contributed by atoms with Gasteiger partial charge in [0.25, 0.3) is 11.8 Å². The van der Waals surface area contributed by atoms with Gasteiger partial charge in [0.1, 0.15) is 11.4 Å². The number of hydrogen-bond donors (Lipinski definition) is 2. The quantitative estimate of drug-likeness (QED) is 0.765. The van der Waals surface area contributed by atoms with Crippen molar-refractivity contribution in [3.63, 3.8) is 0 Å². The predicted octanol–water partition coefficient (Wildman–Crippen LogP) is 2.88. The van der Waals surface area contributed by atoms with Crippen LogP contribution < -0.4 is 11.1 Å². The molecule has 120 valence electrons. The number of primary amides is 1. The summed E-state index contributed by atoms with van der Waals surface area (Å²) in [6.45, 7) is 0. The molecule has 24 heavy (non-hydrogen) atoms. The molecule has 0 aliphatic heterocycles. The first kappa shape index (κ1) is 15.8. The average molecular weight is 341 g/mol.